The highest BCUT2D eigenvalue weighted by molar-refractivity contribution is 8.00. The Bertz CT molecular complexity index is 1140. The van der Waals surface area contributed by atoms with Crippen LogP contribution in [0.1, 0.15) is 45.6 Å². The van der Waals surface area contributed by atoms with E-state index in [1.54, 1.807) is 18.3 Å². The van der Waals surface area contributed by atoms with Crippen LogP contribution in [0.5, 0.6) is 11.5 Å². The van der Waals surface area contributed by atoms with Gasteiger partial charge in [-0.1, -0.05) is 31.5 Å². The number of hydrogen-bond donors (Lipinski definition) is 1. The van der Waals surface area contributed by atoms with Gasteiger partial charge in [0.1, 0.15) is 0 Å². The largest absolute Gasteiger partial charge is 0.454 e. The summed E-state index contributed by atoms with van der Waals surface area (Å²) in [7, 11) is 0. The Balaban J connectivity index is 1.38. The van der Waals surface area contributed by atoms with Gasteiger partial charge in [-0.2, -0.15) is 0 Å². The van der Waals surface area contributed by atoms with E-state index in [0.717, 1.165) is 23.0 Å². The van der Waals surface area contributed by atoms with Gasteiger partial charge < -0.3 is 14.8 Å². The molecule has 2 aromatic heterocycles. The van der Waals surface area contributed by atoms with Crippen molar-refractivity contribution in [3.63, 3.8) is 0 Å². The molecule has 1 saturated carbocycles. The third kappa shape index (κ3) is 4.55. The maximum Gasteiger partial charge on any atom is 0.237 e. The lowest BCUT2D eigenvalue weighted by Crippen LogP contribution is -2.25. The lowest BCUT2D eigenvalue weighted by molar-refractivity contribution is -0.115. The number of benzene rings is 1. The molecule has 0 spiro atoms. The van der Waals surface area contributed by atoms with Crippen LogP contribution in [0.15, 0.2) is 47.9 Å². The second-order valence-corrected chi connectivity index (χ2v) is 9.87. The monoisotopic (exact) mass is 465 g/mol. The number of rotatable bonds is 6. The smallest absolute Gasteiger partial charge is 0.237 e. The van der Waals surface area contributed by atoms with Gasteiger partial charge in [-0.05, 0) is 49.9 Å². The standard InChI is InChI=1S/C24H27N5O3S/c1-15-6-3-4-8-19(15)29-22(17-7-5-11-25-13-17)27-28-24(29)33-16(2)23(30)26-18-9-10-20-21(12-18)32-14-31-20/h5,7,9-13,15-16,19H,3-4,6,8,14H2,1-2H3,(H,26,30)/t15-,16+,19+/m1/s1. The number of nitrogens with zero attached hydrogens (tertiary/aromatic N) is 4. The van der Waals surface area contributed by atoms with Crippen molar-refractivity contribution in [2.45, 2.75) is 56.0 Å². The SMILES string of the molecule is C[C@H](Sc1nnc(-c2cccnc2)n1[C@H]1CCCC[C@H]1C)C(=O)Nc1ccc2c(c1)OCO2. The van der Waals surface area contributed by atoms with Crippen molar-refractivity contribution >= 4 is 23.4 Å². The summed E-state index contributed by atoms with van der Waals surface area (Å²) in [6.07, 6.45) is 8.27. The van der Waals surface area contributed by atoms with Gasteiger partial charge >= 0.3 is 0 Å². The highest BCUT2D eigenvalue weighted by Gasteiger charge is 2.30. The van der Waals surface area contributed by atoms with Crippen LogP contribution in [0.25, 0.3) is 11.4 Å². The molecule has 3 aromatic rings. The number of aromatic nitrogens is 4. The van der Waals surface area contributed by atoms with Gasteiger partial charge in [-0.25, -0.2) is 0 Å². The van der Waals surface area contributed by atoms with E-state index in [4.69, 9.17) is 9.47 Å². The molecule has 172 valence electrons. The number of carbonyl (C=O) groups excluding carboxylic acids is 1. The van der Waals surface area contributed by atoms with Crippen LogP contribution in [0.2, 0.25) is 0 Å². The first-order valence-electron chi connectivity index (χ1n) is 11.3. The molecular formula is C24H27N5O3S. The van der Waals surface area contributed by atoms with Gasteiger partial charge in [0.25, 0.3) is 0 Å². The number of anilines is 1. The summed E-state index contributed by atoms with van der Waals surface area (Å²) < 4.78 is 13.0. The minimum Gasteiger partial charge on any atom is -0.454 e. The van der Waals surface area contributed by atoms with E-state index in [1.165, 1.54) is 31.0 Å². The molecule has 3 atom stereocenters. The van der Waals surface area contributed by atoms with Gasteiger partial charge in [0, 0.05) is 35.8 Å². The van der Waals surface area contributed by atoms with Gasteiger partial charge in [-0.3, -0.25) is 14.3 Å². The molecular weight excluding hydrogens is 438 g/mol. The maximum absolute atomic E-state index is 13.0. The fraction of sp³-hybridized carbons (Fsp3) is 0.417. The summed E-state index contributed by atoms with van der Waals surface area (Å²) in [5.74, 6) is 2.55. The molecule has 1 aliphatic carbocycles. The Morgan fingerprint density at radius 3 is 2.85 bits per heavy atom. The zero-order valence-electron chi connectivity index (χ0n) is 18.7. The number of carbonyl (C=O) groups is 1. The third-order valence-corrected chi connectivity index (χ3v) is 7.33. The van der Waals surface area contributed by atoms with E-state index in [9.17, 15) is 4.79 Å². The van der Waals surface area contributed by atoms with Gasteiger partial charge in [0.15, 0.2) is 22.5 Å². The number of thioether (sulfide) groups is 1. The fourth-order valence-corrected chi connectivity index (χ4v) is 5.36. The van der Waals surface area contributed by atoms with Crippen molar-refractivity contribution in [1.29, 1.82) is 0 Å². The Kier molecular flexibility index (Phi) is 6.22. The number of nitrogens with one attached hydrogen (secondary N) is 1. The van der Waals surface area contributed by atoms with Crippen molar-refractivity contribution in [2.75, 3.05) is 12.1 Å². The van der Waals surface area contributed by atoms with Crippen LogP contribution in [0, 0.1) is 5.92 Å². The molecule has 1 amide bonds. The molecule has 1 fully saturated rings. The summed E-state index contributed by atoms with van der Waals surface area (Å²) >= 11 is 1.44. The number of hydrogen-bond acceptors (Lipinski definition) is 7. The maximum atomic E-state index is 13.0. The van der Waals surface area contributed by atoms with E-state index >= 15 is 0 Å². The lowest BCUT2D eigenvalue weighted by Gasteiger charge is -2.31. The van der Waals surface area contributed by atoms with E-state index < -0.39 is 0 Å². The van der Waals surface area contributed by atoms with Crippen molar-refractivity contribution in [3.05, 3.63) is 42.7 Å². The molecule has 1 N–H and O–H groups in total. The van der Waals surface area contributed by atoms with Crippen LogP contribution < -0.4 is 14.8 Å². The zero-order valence-corrected chi connectivity index (χ0v) is 19.5. The Morgan fingerprint density at radius 2 is 2.03 bits per heavy atom. The Morgan fingerprint density at radius 1 is 1.18 bits per heavy atom. The predicted molar refractivity (Wildman–Crippen MR) is 126 cm³/mol. The van der Waals surface area contributed by atoms with Crippen molar-refractivity contribution in [1.82, 2.24) is 19.7 Å². The van der Waals surface area contributed by atoms with Crippen LogP contribution in [0.4, 0.5) is 5.69 Å². The van der Waals surface area contributed by atoms with Gasteiger partial charge in [-0.15, -0.1) is 10.2 Å². The summed E-state index contributed by atoms with van der Waals surface area (Å²) in [6, 6.07) is 9.62. The van der Waals surface area contributed by atoms with Crippen molar-refractivity contribution in [3.8, 4) is 22.9 Å². The number of amides is 1. The van der Waals surface area contributed by atoms with Gasteiger partial charge in [0.2, 0.25) is 12.7 Å². The summed E-state index contributed by atoms with van der Waals surface area (Å²) in [5, 5.41) is 12.4. The molecule has 0 saturated heterocycles. The normalized spacial score (nSPS) is 20.4. The molecule has 5 rings (SSSR count). The van der Waals surface area contributed by atoms with E-state index in [1.807, 2.05) is 31.3 Å². The Labute approximate surface area is 197 Å². The minimum absolute atomic E-state index is 0.104. The molecule has 0 unspecified atom stereocenters. The molecule has 1 aromatic carbocycles. The Hall–Kier alpha value is -3.07. The number of ether oxygens (including phenoxy) is 2. The average molecular weight is 466 g/mol. The fourth-order valence-electron chi connectivity index (χ4n) is 4.46. The first-order chi connectivity index (χ1) is 16.1. The van der Waals surface area contributed by atoms with Crippen LogP contribution in [-0.2, 0) is 4.79 Å². The van der Waals surface area contributed by atoms with E-state index in [-0.39, 0.29) is 18.0 Å². The van der Waals surface area contributed by atoms with E-state index in [0.29, 0.717) is 29.1 Å². The minimum atomic E-state index is -0.362. The molecule has 0 bridgehead atoms. The van der Waals surface area contributed by atoms with Gasteiger partial charge in [0.05, 0.1) is 5.25 Å². The van der Waals surface area contributed by atoms with Crippen molar-refractivity contribution in [2.24, 2.45) is 5.92 Å². The highest BCUT2D eigenvalue weighted by atomic mass is 32.2. The van der Waals surface area contributed by atoms with Crippen LogP contribution >= 0.6 is 11.8 Å². The third-order valence-electron chi connectivity index (χ3n) is 6.27. The molecule has 1 aliphatic heterocycles. The lowest BCUT2D eigenvalue weighted by atomic mass is 9.85. The summed E-state index contributed by atoms with van der Waals surface area (Å²) in [6.45, 7) is 4.38. The highest BCUT2D eigenvalue weighted by Crippen LogP contribution is 2.40. The average Bonchev–Trinajstić information content (AvgIpc) is 3.46. The van der Waals surface area contributed by atoms with Crippen molar-refractivity contribution < 1.29 is 14.3 Å². The number of fused-ring (bicyclic) bond motifs is 1. The summed E-state index contributed by atoms with van der Waals surface area (Å²) in [5.41, 5.74) is 1.61. The zero-order chi connectivity index (χ0) is 22.8. The first kappa shape index (κ1) is 21.8. The summed E-state index contributed by atoms with van der Waals surface area (Å²) in [4.78, 5) is 17.2. The second kappa shape index (κ2) is 9.43. The topological polar surface area (TPSA) is 91.2 Å². The molecule has 8 nitrogen and oxygen atoms in total. The number of pyridine rings is 1. The van der Waals surface area contributed by atoms with E-state index in [2.05, 4.69) is 32.0 Å². The predicted octanol–water partition coefficient (Wildman–Crippen LogP) is 4.94. The molecule has 3 heterocycles. The molecule has 0 radical (unpaired) electrons. The molecule has 33 heavy (non-hydrogen) atoms. The first-order valence-corrected chi connectivity index (χ1v) is 12.2. The molecule has 2 aliphatic rings. The quantitative estimate of drug-likeness (QED) is 0.516. The second-order valence-electron chi connectivity index (χ2n) is 8.56. The van der Waals surface area contributed by atoms with Crippen LogP contribution in [0.3, 0.4) is 0 Å². The molecule has 9 heteroatoms. The van der Waals surface area contributed by atoms with Crippen LogP contribution in [-0.4, -0.2) is 37.7 Å².